The molecule has 0 N–H and O–H groups in total. The summed E-state index contributed by atoms with van der Waals surface area (Å²) in [5.41, 5.74) is 0. The average molecular weight is 184 g/mol. The molecule has 0 bridgehead atoms. The number of hydrogen-bond donors (Lipinski definition) is 0. The molecular weight excluding hydrogens is 168 g/mol. The van der Waals surface area contributed by atoms with Crippen LogP contribution in [0.15, 0.2) is 0 Å². The molecule has 0 saturated heterocycles. The Balaban J connectivity index is 2.45. The molecule has 0 aromatic carbocycles. The van der Waals surface area contributed by atoms with Gasteiger partial charge in [-0.15, -0.1) is 0 Å². The summed E-state index contributed by atoms with van der Waals surface area (Å²) in [5, 5.41) is 0. The van der Waals surface area contributed by atoms with Crippen molar-refractivity contribution < 1.29 is 14.3 Å². The van der Waals surface area contributed by atoms with Gasteiger partial charge in [-0.3, -0.25) is 4.79 Å². The maximum absolute atomic E-state index is 10.8. The summed E-state index contributed by atoms with van der Waals surface area (Å²) in [6, 6.07) is 0. The lowest BCUT2D eigenvalue weighted by molar-refractivity contribution is -0.151. The van der Waals surface area contributed by atoms with Gasteiger partial charge in [0, 0.05) is 19.3 Å². The predicted octanol–water partition coefficient (Wildman–Crippen LogP) is 1.70. The standard InChI is InChI=1S/C10H16O3/c1-8(12)13-10-5-3-2-4-9(10)6-7-11/h7,9-10H,2-6H2,1H3/t9-,10+/m0/s1. The Labute approximate surface area is 78.5 Å². The first kappa shape index (κ1) is 10.2. The zero-order valence-electron chi connectivity index (χ0n) is 7.99. The minimum absolute atomic E-state index is 0.0172. The van der Waals surface area contributed by atoms with Gasteiger partial charge < -0.3 is 9.53 Å². The average Bonchev–Trinajstić information content (AvgIpc) is 2.08. The lowest BCUT2D eigenvalue weighted by Crippen LogP contribution is -2.29. The molecule has 3 heteroatoms. The first-order valence-electron chi connectivity index (χ1n) is 4.85. The molecule has 0 aliphatic heterocycles. The third-order valence-corrected chi connectivity index (χ3v) is 2.56. The van der Waals surface area contributed by atoms with E-state index in [1.54, 1.807) is 0 Å². The van der Waals surface area contributed by atoms with E-state index in [4.69, 9.17) is 4.74 Å². The zero-order chi connectivity index (χ0) is 9.68. The maximum Gasteiger partial charge on any atom is 0.302 e. The predicted molar refractivity (Wildman–Crippen MR) is 48.2 cm³/mol. The Bertz CT molecular complexity index is 189. The van der Waals surface area contributed by atoms with Crippen molar-refractivity contribution in [1.29, 1.82) is 0 Å². The molecule has 0 spiro atoms. The number of ether oxygens (including phenoxy) is 1. The van der Waals surface area contributed by atoms with Crippen LogP contribution in [0.25, 0.3) is 0 Å². The van der Waals surface area contributed by atoms with Crippen molar-refractivity contribution in [3.05, 3.63) is 0 Å². The molecule has 1 aliphatic rings. The maximum atomic E-state index is 10.8. The fraction of sp³-hybridized carbons (Fsp3) is 0.800. The molecule has 0 unspecified atom stereocenters. The number of rotatable bonds is 3. The van der Waals surface area contributed by atoms with Crippen LogP contribution in [0, 0.1) is 5.92 Å². The van der Waals surface area contributed by atoms with Gasteiger partial charge >= 0.3 is 5.97 Å². The molecule has 1 rings (SSSR count). The Morgan fingerprint density at radius 3 is 2.77 bits per heavy atom. The molecule has 3 nitrogen and oxygen atoms in total. The number of carbonyl (C=O) groups excluding carboxylic acids is 2. The highest BCUT2D eigenvalue weighted by molar-refractivity contribution is 5.66. The van der Waals surface area contributed by atoms with Crippen LogP contribution in [-0.2, 0) is 14.3 Å². The highest BCUT2D eigenvalue weighted by Gasteiger charge is 2.26. The van der Waals surface area contributed by atoms with Crippen LogP contribution in [0.5, 0.6) is 0 Å². The van der Waals surface area contributed by atoms with E-state index in [2.05, 4.69) is 0 Å². The molecule has 0 heterocycles. The summed E-state index contributed by atoms with van der Waals surface area (Å²) < 4.78 is 5.16. The quantitative estimate of drug-likeness (QED) is 0.495. The number of esters is 1. The zero-order valence-corrected chi connectivity index (χ0v) is 7.99. The topological polar surface area (TPSA) is 43.4 Å². The molecule has 0 amide bonds. The third kappa shape index (κ3) is 3.17. The van der Waals surface area contributed by atoms with Gasteiger partial charge in [-0.05, 0) is 19.3 Å². The summed E-state index contributed by atoms with van der Waals surface area (Å²) in [4.78, 5) is 21.1. The Morgan fingerprint density at radius 1 is 1.46 bits per heavy atom. The number of hydrogen-bond acceptors (Lipinski definition) is 3. The van der Waals surface area contributed by atoms with Crippen LogP contribution in [-0.4, -0.2) is 18.4 Å². The van der Waals surface area contributed by atoms with Crippen molar-refractivity contribution in [1.82, 2.24) is 0 Å². The smallest absolute Gasteiger partial charge is 0.302 e. The van der Waals surface area contributed by atoms with Gasteiger partial charge in [-0.1, -0.05) is 6.42 Å². The molecule has 74 valence electrons. The molecule has 0 aromatic rings. The minimum atomic E-state index is -0.234. The van der Waals surface area contributed by atoms with E-state index in [1.165, 1.54) is 6.92 Å². The van der Waals surface area contributed by atoms with E-state index in [9.17, 15) is 9.59 Å². The molecule has 1 saturated carbocycles. The molecule has 1 aliphatic carbocycles. The summed E-state index contributed by atoms with van der Waals surface area (Å²) in [6.45, 7) is 1.42. The van der Waals surface area contributed by atoms with Crippen molar-refractivity contribution in [3.63, 3.8) is 0 Å². The molecule has 0 aromatic heterocycles. The Kier molecular flexibility index (Phi) is 3.93. The van der Waals surface area contributed by atoms with E-state index < -0.39 is 0 Å². The van der Waals surface area contributed by atoms with Crippen molar-refractivity contribution in [3.8, 4) is 0 Å². The first-order chi connectivity index (χ1) is 6.24. The summed E-state index contributed by atoms with van der Waals surface area (Å²) in [5.74, 6) is 0.0259. The van der Waals surface area contributed by atoms with Crippen LogP contribution >= 0.6 is 0 Å². The summed E-state index contributed by atoms with van der Waals surface area (Å²) in [7, 11) is 0. The molecule has 13 heavy (non-hydrogen) atoms. The normalized spacial score (nSPS) is 28.1. The second kappa shape index (κ2) is 5.00. The van der Waals surface area contributed by atoms with Crippen LogP contribution in [0.2, 0.25) is 0 Å². The lowest BCUT2D eigenvalue weighted by Gasteiger charge is -2.29. The highest BCUT2D eigenvalue weighted by atomic mass is 16.5. The van der Waals surface area contributed by atoms with Crippen LogP contribution in [0.3, 0.4) is 0 Å². The SMILES string of the molecule is CC(=O)O[C@@H]1CCCC[C@H]1CC=O. The van der Waals surface area contributed by atoms with E-state index in [0.717, 1.165) is 32.0 Å². The van der Waals surface area contributed by atoms with Crippen LogP contribution in [0.4, 0.5) is 0 Å². The van der Waals surface area contributed by atoms with E-state index in [1.807, 2.05) is 0 Å². The van der Waals surface area contributed by atoms with Gasteiger partial charge in [0.05, 0.1) is 0 Å². The van der Waals surface area contributed by atoms with Crippen LogP contribution < -0.4 is 0 Å². The molecular formula is C10H16O3. The third-order valence-electron chi connectivity index (χ3n) is 2.56. The van der Waals surface area contributed by atoms with E-state index in [0.29, 0.717) is 6.42 Å². The van der Waals surface area contributed by atoms with Gasteiger partial charge in [0.15, 0.2) is 0 Å². The van der Waals surface area contributed by atoms with Gasteiger partial charge in [0.25, 0.3) is 0 Å². The van der Waals surface area contributed by atoms with Crippen molar-refractivity contribution >= 4 is 12.3 Å². The molecule has 1 fully saturated rings. The Morgan fingerprint density at radius 2 is 2.15 bits per heavy atom. The second-order valence-corrected chi connectivity index (χ2v) is 3.59. The first-order valence-corrected chi connectivity index (χ1v) is 4.85. The van der Waals surface area contributed by atoms with Crippen molar-refractivity contribution in [2.75, 3.05) is 0 Å². The fourth-order valence-electron chi connectivity index (χ4n) is 1.94. The molecule has 0 radical (unpaired) electrons. The van der Waals surface area contributed by atoms with Crippen LogP contribution in [0.1, 0.15) is 39.0 Å². The second-order valence-electron chi connectivity index (χ2n) is 3.59. The fourth-order valence-corrected chi connectivity index (χ4v) is 1.94. The lowest BCUT2D eigenvalue weighted by atomic mass is 9.84. The summed E-state index contributed by atoms with van der Waals surface area (Å²) in [6.07, 6.45) is 5.61. The van der Waals surface area contributed by atoms with E-state index >= 15 is 0 Å². The molecule has 2 atom stereocenters. The van der Waals surface area contributed by atoms with Gasteiger partial charge in [0.2, 0.25) is 0 Å². The van der Waals surface area contributed by atoms with E-state index in [-0.39, 0.29) is 18.0 Å². The summed E-state index contributed by atoms with van der Waals surface area (Å²) >= 11 is 0. The number of aldehydes is 1. The van der Waals surface area contributed by atoms with Gasteiger partial charge in [-0.2, -0.15) is 0 Å². The Hall–Kier alpha value is -0.860. The number of carbonyl (C=O) groups is 2. The van der Waals surface area contributed by atoms with Crippen molar-refractivity contribution in [2.24, 2.45) is 5.92 Å². The highest BCUT2D eigenvalue weighted by Crippen LogP contribution is 2.28. The van der Waals surface area contributed by atoms with Crippen molar-refractivity contribution in [2.45, 2.75) is 45.1 Å². The van der Waals surface area contributed by atoms with Gasteiger partial charge in [0.1, 0.15) is 12.4 Å². The van der Waals surface area contributed by atoms with Gasteiger partial charge in [-0.25, -0.2) is 0 Å². The minimum Gasteiger partial charge on any atom is -0.462 e. The largest absolute Gasteiger partial charge is 0.462 e. The monoisotopic (exact) mass is 184 g/mol.